The molecule has 0 aliphatic carbocycles. The van der Waals surface area contributed by atoms with Gasteiger partial charge in [0.1, 0.15) is 6.29 Å². The second kappa shape index (κ2) is 5.97. The topological polar surface area (TPSA) is 61.8 Å². The predicted molar refractivity (Wildman–Crippen MR) is 56.2 cm³/mol. The summed E-state index contributed by atoms with van der Waals surface area (Å²) in [6.45, 7) is 0. The van der Waals surface area contributed by atoms with Crippen LogP contribution in [0.5, 0.6) is 11.5 Å². The summed E-state index contributed by atoms with van der Waals surface area (Å²) in [6, 6.07) is 4.06. The molecule has 0 saturated heterocycles. The Morgan fingerprint density at radius 2 is 2.19 bits per heavy atom. The highest BCUT2D eigenvalue weighted by atomic mass is 35.5. The summed E-state index contributed by atoms with van der Waals surface area (Å²) in [5.41, 5.74) is 0.412. The van der Waals surface area contributed by atoms with Crippen molar-refractivity contribution >= 4 is 24.0 Å². The molecule has 0 aliphatic heterocycles. The van der Waals surface area contributed by atoms with Crippen LogP contribution in [0.15, 0.2) is 18.2 Å². The Morgan fingerprint density at radius 3 is 2.75 bits per heavy atom. The zero-order chi connectivity index (χ0) is 12.0. The van der Waals surface area contributed by atoms with E-state index in [1.54, 1.807) is 0 Å². The molecule has 86 valence electrons. The number of benzene rings is 1. The summed E-state index contributed by atoms with van der Waals surface area (Å²) in [5.74, 6) is 0.416. The van der Waals surface area contributed by atoms with Crippen LogP contribution in [-0.2, 0) is 4.74 Å². The fraction of sp³-hybridized carbons (Fsp3) is 0.200. The fourth-order valence-corrected chi connectivity index (χ4v) is 1.09. The molecule has 0 fully saturated rings. The molecule has 16 heavy (non-hydrogen) atoms. The van der Waals surface area contributed by atoms with E-state index in [1.165, 1.54) is 25.3 Å². The summed E-state index contributed by atoms with van der Waals surface area (Å²) >= 11 is 5.18. The number of carbonyl (C=O) groups is 2. The Bertz CT molecular complexity index is 391. The molecule has 0 N–H and O–H groups in total. The molecular formula is C10H9ClO5. The molecule has 1 aromatic rings. The van der Waals surface area contributed by atoms with Gasteiger partial charge in [-0.1, -0.05) is 11.6 Å². The molecule has 6 heteroatoms. The van der Waals surface area contributed by atoms with Crippen molar-refractivity contribution in [1.29, 1.82) is 0 Å². The lowest BCUT2D eigenvalue weighted by Crippen LogP contribution is -2.10. The zero-order valence-corrected chi connectivity index (χ0v) is 9.19. The van der Waals surface area contributed by atoms with E-state index in [4.69, 9.17) is 21.1 Å². The highest BCUT2D eigenvalue weighted by Gasteiger charge is 2.11. The van der Waals surface area contributed by atoms with Crippen molar-refractivity contribution in [2.45, 2.75) is 0 Å². The van der Waals surface area contributed by atoms with E-state index in [0.29, 0.717) is 11.8 Å². The molecule has 0 heterocycles. The van der Waals surface area contributed by atoms with Gasteiger partial charge < -0.3 is 14.2 Å². The average molecular weight is 245 g/mol. The van der Waals surface area contributed by atoms with Gasteiger partial charge in [0, 0.05) is 5.56 Å². The first-order chi connectivity index (χ1) is 7.71. The number of methoxy groups -OCH3 is 1. The van der Waals surface area contributed by atoms with E-state index >= 15 is 0 Å². The molecule has 0 radical (unpaired) electrons. The van der Waals surface area contributed by atoms with Crippen LogP contribution in [0.1, 0.15) is 10.4 Å². The monoisotopic (exact) mass is 244 g/mol. The van der Waals surface area contributed by atoms with Crippen LogP contribution in [0.2, 0.25) is 0 Å². The maximum Gasteiger partial charge on any atom is 0.515 e. The van der Waals surface area contributed by atoms with Crippen LogP contribution >= 0.6 is 11.6 Å². The van der Waals surface area contributed by atoms with Crippen molar-refractivity contribution in [2.24, 2.45) is 0 Å². The Labute approximate surface area is 96.9 Å². The van der Waals surface area contributed by atoms with Gasteiger partial charge in [0.15, 0.2) is 17.6 Å². The summed E-state index contributed by atoms with van der Waals surface area (Å²) in [6.07, 6.45) is -0.282. The first-order valence-corrected chi connectivity index (χ1v) is 4.78. The van der Waals surface area contributed by atoms with Crippen LogP contribution in [0, 0.1) is 0 Å². The number of alkyl halides is 1. The lowest BCUT2D eigenvalue weighted by molar-refractivity contribution is 0.112. The third kappa shape index (κ3) is 3.13. The van der Waals surface area contributed by atoms with Crippen molar-refractivity contribution in [1.82, 2.24) is 0 Å². The Kier molecular flexibility index (Phi) is 4.60. The standard InChI is InChI=1S/C10H9ClO5/c1-14-9-4-7(5-12)2-3-8(9)16-10(13)15-6-11/h2-5H,6H2,1H3. The van der Waals surface area contributed by atoms with Gasteiger partial charge in [0.2, 0.25) is 0 Å². The SMILES string of the molecule is COc1cc(C=O)ccc1OC(=O)OCCl. The molecule has 0 spiro atoms. The molecule has 0 atom stereocenters. The largest absolute Gasteiger partial charge is 0.515 e. The van der Waals surface area contributed by atoms with Gasteiger partial charge in [-0.3, -0.25) is 4.79 Å². The lowest BCUT2D eigenvalue weighted by atomic mass is 10.2. The quantitative estimate of drug-likeness (QED) is 0.352. The van der Waals surface area contributed by atoms with Gasteiger partial charge in [-0.2, -0.15) is 0 Å². The molecule has 0 amide bonds. The van der Waals surface area contributed by atoms with Gasteiger partial charge in [-0.05, 0) is 18.2 Å². The van der Waals surface area contributed by atoms with E-state index in [-0.39, 0.29) is 17.6 Å². The average Bonchev–Trinajstić information content (AvgIpc) is 2.30. The summed E-state index contributed by atoms with van der Waals surface area (Å²) in [7, 11) is 1.39. The predicted octanol–water partition coefficient (Wildman–Crippen LogP) is 2.22. The Hall–Kier alpha value is -1.75. The highest BCUT2D eigenvalue weighted by molar-refractivity contribution is 6.17. The van der Waals surface area contributed by atoms with Gasteiger partial charge in [0.05, 0.1) is 7.11 Å². The van der Waals surface area contributed by atoms with E-state index < -0.39 is 6.16 Å². The lowest BCUT2D eigenvalue weighted by Gasteiger charge is -2.08. The summed E-state index contributed by atoms with van der Waals surface area (Å²) in [5, 5.41) is 0. The van der Waals surface area contributed by atoms with Crippen LogP contribution < -0.4 is 9.47 Å². The molecule has 1 aromatic carbocycles. The van der Waals surface area contributed by atoms with Gasteiger partial charge in [0.25, 0.3) is 0 Å². The highest BCUT2D eigenvalue weighted by Crippen LogP contribution is 2.27. The van der Waals surface area contributed by atoms with Crippen molar-refractivity contribution in [3.05, 3.63) is 23.8 Å². The fourth-order valence-electron chi connectivity index (χ4n) is 1.01. The van der Waals surface area contributed by atoms with Gasteiger partial charge >= 0.3 is 6.16 Å². The number of aldehydes is 1. The molecule has 0 saturated carbocycles. The van der Waals surface area contributed by atoms with E-state index in [2.05, 4.69) is 4.74 Å². The maximum atomic E-state index is 11.0. The number of hydrogen-bond donors (Lipinski definition) is 0. The van der Waals surface area contributed by atoms with Crippen LogP contribution in [-0.4, -0.2) is 25.6 Å². The van der Waals surface area contributed by atoms with E-state index in [9.17, 15) is 9.59 Å². The Morgan fingerprint density at radius 1 is 1.44 bits per heavy atom. The second-order valence-corrected chi connectivity index (χ2v) is 2.85. The molecule has 0 unspecified atom stereocenters. The van der Waals surface area contributed by atoms with E-state index in [1.807, 2.05) is 0 Å². The molecular weight excluding hydrogens is 236 g/mol. The van der Waals surface area contributed by atoms with Gasteiger partial charge in [-0.15, -0.1) is 0 Å². The first kappa shape index (κ1) is 12.3. The van der Waals surface area contributed by atoms with E-state index in [0.717, 1.165) is 0 Å². The normalized spacial score (nSPS) is 9.38. The minimum atomic E-state index is -0.938. The summed E-state index contributed by atoms with van der Waals surface area (Å²) < 4.78 is 14.1. The third-order valence-electron chi connectivity index (χ3n) is 1.69. The first-order valence-electron chi connectivity index (χ1n) is 4.25. The van der Waals surface area contributed by atoms with Crippen LogP contribution in [0.25, 0.3) is 0 Å². The minimum absolute atomic E-state index is 0.156. The molecule has 5 nitrogen and oxygen atoms in total. The van der Waals surface area contributed by atoms with Crippen molar-refractivity contribution in [3.63, 3.8) is 0 Å². The zero-order valence-electron chi connectivity index (χ0n) is 8.44. The molecule has 0 aromatic heterocycles. The van der Waals surface area contributed by atoms with Crippen molar-refractivity contribution in [3.8, 4) is 11.5 Å². The number of carbonyl (C=O) groups excluding carboxylic acids is 2. The number of hydrogen-bond acceptors (Lipinski definition) is 5. The van der Waals surface area contributed by atoms with Crippen LogP contribution in [0.4, 0.5) is 4.79 Å². The number of ether oxygens (including phenoxy) is 3. The van der Waals surface area contributed by atoms with Crippen molar-refractivity contribution < 1.29 is 23.8 Å². The number of halogens is 1. The number of rotatable bonds is 4. The smallest absolute Gasteiger partial charge is 0.493 e. The second-order valence-electron chi connectivity index (χ2n) is 2.63. The van der Waals surface area contributed by atoms with Crippen LogP contribution in [0.3, 0.4) is 0 Å². The molecule has 0 aliphatic rings. The maximum absolute atomic E-state index is 11.0. The molecule has 0 bridgehead atoms. The summed E-state index contributed by atoms with van der Waals surface area (Å²) in [4.78, 5) is 21.5. The Balaban J connectivity index is 2.87. The minimum Gasteiger partial charge on any atom is -0.493 e. The third-order valence-corrected chi connectivity index (χ3v) is 1.80. The van der Waals surface area contributed by atoms with Crippen molar-refractivity contribution in [2.75, 3.05) is 13.2 Å². The molecule has 1 rings (SSSR count). The van der Waals surface area contributed by atoms with Gasteiger partial charge in [-0.25, -0.2) is 4.79 Å².